The number of hydrogen-bond donors (Lipinski definition) is 0. The minimum absolute atomic E-state index is 0.0976. The minimum Gasteiger partial charge on any atom is -0.299 e. The van der Waals surface area contributed by atoms with Crippen LogP contribution in [0.2, 0.25) is 0 Å². The highest BCUT2D eigenvalue weighted by Crippen LogP contribution is 2.74. The van der Waals surface area contributed by atoms with Gasteiger partial charge in [-0.2, -0.15) is 0 Å². The molecule has 0 unspecified atom stereocenters. The van der Waals surface area contributed by atoms with Crippen molar-refractivity contribution in [1.82, 2.24) is 4.90 Å². The highest BCUT2D eigenvalue weighted by molar-refractivity contribution is 6.00. The Kier molecular flexibility index (Phi) is 2.41. The van der Waals surface area contributed by atoms with Crippen molar-refractivity contribution in [3.05, 3.63) is 11.6 Å². The lowest BCUT2D eigenvalue weighted by Crippen LogP contribution is -2.66. The first-order valence-electron chi connectivity index (χ1n) is 10.0. The Labute approximate surface area is 143 Å². The third-order valence-corrected chi connectivity index (χ3v) is 9.52. The quantitative estimate of drug-likeness (QED) is 0.687. The molecule has 6 rings (SSSR count). The first-order chi connectivity index (χ1) is 11.5. The largest absolute Gasteiger partial charge is 0.299 e. The number of hydrogen-bond acceptors (Lipinski definition) is 3. The van der Waals surface area contributed by atoms with Gasteiger partial charge in [-0.05, 0) is 50.0 Å². The van der Waals surface area contributed by atoms with E-state index in [0.29, 0.717) is 29.4 Å². The molecular weight excluding hydrogens is 298 g/mol. The fourth-order valence-electron chi connectivity index (χ4n) is 8.59. The number of ketones is 2. The van der Waals surface area contributed by atoms with Gasteiger partial charge in [-0.25, -0.2) is 0 Å². The summed E-state index contributed by atoms with van der Waals surface area (Å²) in [4.78, 5) is 29.3. The van der Waals surface area contributed by atoms with Crippen LogP contribution in [0.25, 0.3) is 0 Å². The van der Waals surface area contributed by atoms with Gasteiger partial charge in [-0.1, -0.05) is 19.4 Å². The van der Waals surface area contributed by atoms with Crippen molar-refractivity contribution in [1.29, 1.82) is 0 Å². The Balaban J connectivity index is 1.64. The van der Waals surface area contributed by atoms with E-state index in [1.165, 1.54) is 18.5 Å². The second kappa shape index (κ2) is 4.06. The van der Waals surface area contributed by atoms with E-state index in [0.717, 1.165) is 32.2 Å². The molecule has 0 aromatic heterocycles. The van der Waals surface area contributed by atoms with Gasteiger partial charge >= 0.3 is 0 Å². The van der Waals surface area contributed by atoms with Gasteiger partial charge in [0, 0.05) is 47.7 Å². The Morgan fingerprint density at radius 1 is 1.17 bits per heavy atom. The van der Waals surface area contributed by atoms with E-state index in [1.807, 2.05) is 6.08 Å². The number of allylic oxidation sites excluding steroid dienone is 2. The molecule has 1 spiro atoms. The maximum atomic E-state index is 14.0. The molecule has 6 aliphatic rings. The summed E-state index contributed by atoms with van der Waals surface area (Å²) in [5.41, 5.74) is 1.22. The Bertz CT molecular complexity index is 711. The molecule has 0 aromatic rings. The molecule has 3 heteroatoms. The molecule has 8 atom stereocenters. The van der Waals surface area contributed by atoms with Crippen LogP contribution >= 0.6 is 0 Å². The molecular formula is C21H27NO2. The lowest BCUT2D eigenvalue weighted by atomic mass is 9.44. The number of piperidine rings is 1. The van der Waals surface area contributed by atoms with Crippen LogP contribution < -0.4 is 0 Å². The lowest BCUT2D eigenvalue weighted by molar-refractivity contribution is -0.167. The number of carbonyl (C=O) groups excluding carboxylic acids is 2. The van der Waals surface area contributed by atoms with Gasteiger partial charge in [-0.3, -0.25) is 14.5 Å². The number of nitrogens with zero attached hydrogens (tertiary/aromatic N) is 1. The van der Waals surface area contributed by atoms with Gasteiger partial charge in [0.15, 0.2) is 5.78 Å². The number of fused-ring (bicyclic) bond motifs is 1. The monoisotopic (exact) mass is 325 g/mol. The summed E-state index contributed by atoms with van der Waals surface area (Å²) in [6, 6.07) is 0.579. The zero-order valence-electron chi connectivity index (χ0n) is 14.8. The van der Waals surface area contributed by atoms with E-state index >= 15 is 0 Å². The average Bonchev–Trinajstić information content (AvgIpc) is 3.15. The van der Waals surface area contributed by atoms with Crippen molar-refractivity contribution in [2.45, 2.75) is 52.0 Å². The lowest BCUT2D eigenvalue weighted by Gasteiger charge is -2.60. The van der Waals surface area contributed by atoms with Crippen LogP contribution in [-0.2, 0) is 9.59 Å². The first kappa shape index (κ1) is 14.2. The zero-order valence-corrected chi connectivity index (χ0v) is 14.8. The Morgan fingerprint density at radius 2 is 2.00 bits per heavy atom. The second-order valence-electron chi connectivity index (χ2n) is 9.89. The Morgan fingerprint density at radius 3 is 2.83 bits per heavy atom. The van der Waals surface area contributed by atoms with E-state index in [1.54, 1.807) is 0 Å². The average molecular weight is 325 g/mol. The van der Waals surface area contributed by atoms with Crippen LogP contribution in [0.15, 0.2) is 11.6 Å². The summed E-state index contributed by atoms with van der Waals surface area (Å²) in [7, 11) is 0. The number of carbonyl (C=O) groups is 2. The molecule has 2 bridgehead atoms. The van der Waals surface area contributed by atoms with Crippen molar-refractivity contribution in [3.8, 4) is 0 Å². The van der Waals surface area contributed by atoms with Gasteiger partial charge in [0.05, 0.1) is 0 Å². The molecule has 5 fully saturated rings. The molecule has 0 amide bonds. The van der Waals surface area contributed by atoms with E-state index in [4.69, 9.17) is 0 Å². The summed E-state index contributed by atoms with van der Waals surface area (Å²) < 4.78 is 0. The van der Waals surface area contributed by atoms with Crippen LogP contribution in [0.4, 0.5) is 0 Å². The predicted octanol–water partition coefficient (Wildman–Crippen LogP) is 2.85. The minimum atomic E-state index is -0.228. The summed E-state index contributed by atoms with van der Waals surface area (Å²) in [6.07, 6.45) is 7.21. The van der Waals surface area contributed by atoms with Gasteiger partial charge in [0.25, 0.3) is 0 Å². The van der Waals surface area contributed by atoms with Crippen molar-refractivity contribution in [2.24, 2.45) is 40.4 Å². The van der Waals surface area contributed by atoms with E-state index in [2.05, 4.69) is 18.7 Å². The third-order valence-electron chi connectivity index (χ3n) is 9.52. The van der Waals surface area contributed by atoms with Crippen LogP contribution in [0, 0.1) is 40.4 Å². The van der Waals surface area contributed by atoms with Gasteiger partial charge in [-0.15, -0.1) is 0 Å². The summed E-state index contributed by atoms with van der Waals surface area (Å²) in [5, 5.41) is 0. The smallest absolute Gasteiger partial charge is 0.159 e. The topological polar surface area (TPSA) is 37.4 Å². The van der Waals surface area contributed by atoms with Crippen LogP contribution in [0.1, 0.15) is 46.0 Å². The predicted molar refractivity (Wildman–Crippen MR) is 90.2 cm³/mol. The molecule has 3 saturated carbocycles. The van der Waals surface area contributed by atoms with Crippen molar-refractivity contribution in [2.75, 3.05) is 13.1 Å². The van der Waals surface area contributed by atoms with Crippen LogP contribution in [-0.4, -0.2) is 35.6 Å². The van der Waals surface area contributed by atoms with Crippen molar-refractivity contribution in [3.63, 3.8) is 0 Å². The molecule has 24 heavy (non-hydrogen) atoms. The highest BCUT2D eigenvalue weighted by atomic mass is 16.1. The molecule has 128 valence electrons. The van der Waals surface area contributed by atoms with Crippen LogP contribution in [0.3, 0.4) is 0 Å². The fourth-order valence-corrected chi connectivity index (χ4v) is 8.59. The highest BCUT2D eigenvalue weighted by Gasteiger charge is 2.76. The maximum absolute atomic E-state index is 14.0. The van der Waals surface area contributed by atoms with Crippen molar-refractivity contribution >= 4 is 11.6 Å². The normalized spacial score (nSPS) is 57.8. The molecule has 0 radical (unpaired) electrons. The first-order valence-corrected chi connectivity index (χ1v) is 10.0. The van der Waals surface area contributed by atoms with Crippen LogP contribution in [0.5, 0.6) is 0 Å². The zero-order chi connectivity index (χ0) is 16.4. The van der Waals surface area contributed by atoms with E-state index in [-0.39, 0.29) is 28.6 Å². The molecule has 0 aromatic carbocycles. The summed E-state index contributed by atoms with van der Waals surface area (Å²) in [5.74, 6) is 2.64. The number of rotatable bonds is 0. The number of Topliss-reactive ketones (excluding diaryl/α,β-unsaturated/α-hetero) is 1. The van der Waals surface area contributed by atoms with Crippen molar-refractivity contribution < 1.29 is 9.59 Å². The molecule has 0 N–H and O–H groups in total. The SMILES string of the molecule is C[C@@H]1CN2C[C@H]3CCC4=CC(=O)[C@@H]5CC[C@]6(C(=O)[C@@H]1C[C@@H]2[C@@]36C)[C@H]45. The Hall–Kier alpha value is -0.960. The molecule has 2 aliphatic heterocycles. The molecule has 3 nitrogen and oxygen atoms in total. The third kappa shape index (κ3) is 1.23. The fraction of sp³-hybridized carbons (Fsp3) is 0.810. The summed E-state index contributed by atoms with van der Waals surface area (Å²) >= 11 is 0. The molecule has 2 saturated heterocycles. The second-order valence-corrected chi connectivity index (χ2v) is 9.89. The molecule has 2 heterocycles. The molecule has 4 aliphatic carbocycles. The van der Waals surface area contributed by atoms with E-state index < -0.39 is 0 Å². The standard InChI is InChI=1S/C21H27NO2/c1-11-9-22-10-13-4-3-12-7-16(23)14-5-6-21(18(12)14)19(24)15(11)8-17(22)20(13,21)2/h7,11,13-15,17-18H,3-6,8-10H2,1-2H3/t11-,13-,14+,15-,17-,18-,20-,21-/m1/s1. The maximum Gasteiger partial charge on any atom is 0.159 e. The van der Waals surface area contributed by atoms with Gasteiger partial charge < -0.3 is 0 Å². The van der Waals surface area contributed by atoms with Gasteiger partial charge in [0.2, 0.25) is 0 Å². The van der Waals surface area contributed by atoms with Gasteiger partial charge in [0.1, 0.15) is 5.78 Å². The van der Waals surface area contributed by atoms with E-state index in [9.17, 15) is 9.59 Å². The summed E-state index contributed by atoms with van der Waals surface area (Å²) in [6.45, 7) is 7.04.